The molecule has 1 aromatic carbocycles. The number of nitrogens with one attached hydrogen (secondary N) is 3. The van der Waals surface area contributed by atoms with Gasteiger partial charge in [0.05, 0.1) is 12.6 Å². The molecular weight excluding hydrogens is 309 g/mol. The summed E-state index contributed by atoms with van der Waals surface area (Å²) in [5, 5.41) is 5.56. The molecule has 3 rings (SSSR count). The van der Waals surface area contributed by atoms with Crippen molar-refractivity contribution in [2.24, 2.45) is 0 Å². The van der Waals surface area contributed by atoms with E-state index in [4.69, 9.17) is 0 Å². The van der Waals surface area contributed by atoms with Gasteiger partial charge in [0.15, 0.2) is 0 Å². The molecule has 1 aromatic heterocycles. The molecule has 1 atom stereocenters. The zero-order chi connectivity index (χ0) is 17.3. The third-order valence-corrected chi connectivity index (χ3v) is 4.44. The van der Waals surface area contributed by atoms with Gasteiger partial charge >= 0.3 is 6.03 Å². The van der Waals surface area contributed by atoms with E-state index in [1.165, 1.54) is 6.07 Å². The Morgan fingerprint density at radius 2 is 2.17 bits per heavy atom. The summed E-state index contributed by atoms with van der Waals surface area (Å²) < 4.78 is 13.7. The predicted molar refractivity (Wildman–Crippen MR) is 89.4 cm³/mol. The Morgan fingerprint density at radius 3 is 2.92 bits per heavy atom. The molecule has 0 spiro atoms. The summed E-state index contributed by atoms with van der Waals surface area (Å²) in [6.45, 7) is 3.80. The monoisotopic (exact) mass is 329 g/mol. The van der Waals surface area contributed by atoms with Crippen molar-refractivity contribution < 1.29 is 9.18 Å². The Hall–Kier alpha value is -2.63. The van der Waals surface area contributed by atoms with Gasteiger partial charge in [0.25, 0.3) is 5.56 Å². The van der Waals surface area contributed by atoms with Crippen molar-refractivity contribution >= 4 is 6.03 Å². The van der Waals surface area contributed by atoms with Gasteiger partial charge < -0.3 is 15.6 Å². The molecular formula is C18H20FN3O2. The van der Waals surface area contributed by atoms with Crippen molar-refractivity contribution in [3.8, 4) is 0 Å². The average molecular weight is 329 g/mol. The summed E-state index contributed by atoms with van der Waals surface area (Å²) in [5.41, 5.74) is 3.47. The molecule has 2 amide bonds. The fraction of sp³-hybridized carbons (Fsp3) is 0.333. The van der Waals surface area contributed by atoms with Crippen LogP contribution in [-0.4, -0.2) is 11.0 Å². The van der Waals surface area contributed by atoms with Crippen molar-refractivity contribution in [1.29, 1.82) is 0 Å². The van der Waals surface area contributed by atoms with Crippen LogP contribution in [0.25, 0.3) is 0 Å². The highest BCUT2D eigenvalue weighted by Gasteiger charge is 2.26. The predicted octanol–water partition coefficient (Wildman–Crippen LogP) is 2.62. The molecule has 1 aliphatic rings. The number of benzene rings is 1. The minimum Gasteiger partial charge on any atom is -0.334 e. The van der Waals surface area contributed by atoms with Gasteiger partial charge in [-0.1, -0.05) is 12.1 Å². The fourth-order valence-corrected chi connectivity index (χ4v) is 3.24. The van der Waals surface area contributed by atoms with Crippen molar-refractivity contribution in [1.82, 2.24) is 15.6 Å². The van der Waals surface area contributed by atoms with Crippen molar-refractivity contribution in [2.45, 2.75) is 39.3 Å². The number of fused-ring (bicyclic) bond motifs is 1. The van der Waals surface area contributed by atoms with Gasteiger partial charge in [-0.05, 0) is 55.5 Å². The number of aryl methyl sites for hydroxylation is 2. The highest BCUT2D eigenvalue weighted by molar-refractivity contribution is 5.74. The molecule has 5 nitrogen and oxygen atoms in total. The van der Waals surface area contributed by atoms with Crippen LogP contribution in [0, 0.1) is 19.7 Å². The largest absolute Gasteiger partial charge is 0.334 e. The zero-order valence-corrected chi connectivity index (χ0v) is 13.7. The van der Waals surface area contributed by atoms with Gasteiger partial charge in [-0.25, -0.2) is 9.18 Å². The van der Waals surface area contributed by atoms with Gasteiger partial charge in [0.1, 0.15) is 5.82 Å². The van der Waals surface area contributed by atoms with Crippen LogP contribution in [0.15, 0.2) is 29.1 Å². The number of halogens is 1. The maximum Gasteiger partial charge on any atom is 0.315 e. The molecule has 0 radical (unpaired) electrons. The quantitative estimate of drug-likeness (QED) is 0.810. The zero-order valence-electron chi connectivity index (χ0n) is 13.7. The van der Waals surface area contributed by atoms with Crippen LogP contribution in [0.1, 0.15) is 40.4 Å². The first-order chi connectivity index (χ1) is 11.5. The number of hydrogen-bond acceptors (Lipinski definition) is 2. The van der Waals surface area contributed by atoms with E-state index in [0.717, 1.165) is 16.8 Å². The summed E-state index contributed by atoms with van der Waals surface area (Å²) in [4.78, 5) is 26.8. The number of aromatic amines is 1. The number of hydrogen-bond donors (Lipinski definition) is 3. The number of aromatic nitrogens is 1. The van der Waals surface area contributed by atoms with Crippen LogP contribution >= 0.6 is 0 Å². The van der Waals surface area contributed by atoms with E-state index in [1.54, 1.807) is 6.07 Å². The lowest BCUT2D eigenvalue weighted by molar-refractivity contribution is 0.236. The Kier molecular flexibility index (Phi) is 4.38. The number of amides is 2. The van der Waals surface area contributed by atoms with Crippen LogP contribution in [0.4, 0.5) is 9.18 Å². The second-order valence-electron chi connectivity index (χ2n) is 6.17. The third-order valence-electron chi connectivity index (χ3n) is 4.44. The minimum atomic E-state index is -0.364. The van der Waals surface area contributed by atoms with E-state index in [1.807, 2.05) is 26.0 Å². The third kappa shape index (κ3) is 3.18. The number of carbonyl (C=O) groups excluding carboxylic acids is 1. The van der Waals surface area contributed by atoms with Gasteiger partial charge in [-0.2, -0.15) is 0 Å². The second kappa shape index (κ2) is 6.47. The average Bonchev–Trinajstić information content (AvgIpc) is 2.90. The Morgan fingerprint density at radius 1 is 1.38 bits per heavy atom. The number of pyridine rings is 1. The molecule has 126 valence electrons. The molecule has 1 aliphatic carbocycles. The van der Waals surface area contributed by atoms with E-state index < -0.39 is 0 Å². The molecule has 0 unspecified atom stereocenters. The lowest BCUT2D eigenvalue weighted by atomic mass is 10.1. The van der Waals surface area contributed by atoms with E-state index >= 15 is 0 Å². The molecule has 3 N–H and O–H groups in total. The first kappa shape index (κ1) is 16.2. The van der Waals surface area contributed by atoms with E-state index in [0.29, 0.717) is 24.0 Å². The lowest BCUT2D eigenvalue weighted by Crippen LogP contribution is -2.38. The van der Waals surface area contributed by atoms with E-state index in [9.17, 15) is 14.0 Å². The molecule has 1 heterocycles. The minimum absolute atomic E-state index is 0.149. The topological polar surface area (TPSA) is 74.0 Å². The standard InChI is InChI=1S/C18H20FN3O2/c1-10-8-11(2)21-17(23)14(10)9-20-18(24)22-16-7-6-12-13(16)4-3-5-15(12)19/h3-5,8,16H,6-7,9H2,1-2H3,(H,21,23)(H2,20,22,24)/t16-/m1/s1. The number of urea groups is 1. The summed E-state index contributed by atoms with van der Waals surface area (Å²) in [5.74, 6) is -0.223. The first-order valence-corrected chi connectivity index (χ1v) is 7.96. The molecule has 0 aliphatic heterocycles. The molecule has 6 heteroatoms. The van der Waals surface area contributed by atoms with Crippen LogP contribution in [0.3, 0.4) is 0 Å². The SMILES string of the molecule is Cc1cc(C)c(CNC(=O)N[C@@H]2CCc3c(F)cccc32)c(=O)[nH]1. The molecule has 2 aromatic rings. The lowest BCUT2D eigenvalue weighted by Gasteiger charge is -2.15. The van der Waals surface area contributed by atoms with Gasteiger partial charge in [-0.3, -0.25) is 4.79 Å². The summed E-state index contributed by atoms with van der Waals surface area (Å²) in [6, 6.07) is 6.23. The first-order valence-electron chi connectivity index (χ1n) is 7.96. The maximum atomic E-state index is 13.7. The molecule has 0 saturated carbocycles. The van der Waals surface area contributed by atoms with Crippen LogP contribution in [0.2, 0.25) is 0 Å². The number of carbonyl (C=O) groups is 1. The fourth-order valence-electron chi connectivity index (χ4n) is 3.24. The van der Waals surface area contributed by atoms with Gasteiger partial charge in [0.2, 0.25) is 0 Å². The van der Waals surface area contributed by atoms with Crippen LogP contribution in [-0.2, 0) is 13.0 Å². The van der Waals surface area contributed by atoms with Crippen molar-refractivity contribution in [3.05, 3.63) is 68.4 Å². The molecule has 0 saturated heterocycles. The highest BCUT2D eigenvalue weighted by atomic mass is 19.1. The number of H-pyrrole nitrogens is 1. The Bertz CT molecular complexity index is 845. The van der Waals surface area contributed by atoms with Crippen LogP contribution < -0.4 is 16.2 Å². The maximum absolute atomic E-state index is 13.7. The van der Waals surface area contributed by atoms with Crippen molar-refractivity contribution in [2.75, 3.05) is 0 Å². The van der Waals surface area contributed by atoms with E-state index in [2.05, 4.69) is 15.6 Å². The van der Waals surface area contributed by atoms with Gasteiger partial charge in [0, 0.05) is 11.3 Å². The summed E-state index contributed by atoms with van der Waals surface area (Å²) in [6.07, 6.45) is 1.29. The molecule has 24 heavy (non-hydrogen) atoms. The smallest absolute Gasteiger partial charge is 0.315 e. The number of rotatable bonds is 3. The molecule has 0 fully saturated rings. The Balaban J connectivity index is 1.64. The van der Waals surface area contributed by atoms with Crippen molar-refractivity contribution in [3.63, 3.8) is 0 Å². The van der Waals surface area contributed by atoms with Crippen LogP contribution in [0.5, 0.6) is 0 Å². The highest BCUT2D eigenvalue weighted by Crippen LogP contribution is 2.32. The van der Waals surface area contributed by atoms with E-state index in [-0.39, 0.29) is 30.0 Å². The summed E-state index contributed by atoms with van der Waals surface area (Å²) in [7, 11) is 0. The summed E-state index contributed by atoms with van der Waals surface area (Å²) >= 11 is 0. The second-order valence-corrected chi connectivity index (χ2v) is 6.17. The normalized spacial score (nSPS) is 15.9. The Labute approximate surface area is 139 Å². The van der Waals surface area contributed by atoms with Gasteiger partial charge in [-0.15, -0.1) is 0 Å². The molecule has 0 bridgehead atoms.